The van der Waals surface area contributed by atoms with Crippen molar-refractivity contribution in [2.45, 2.75) is 44.4 Å². The van der Waals surface area contributed by atoms with Crippen molar-refractivity contribution in [3.63, 3.8) is 0 Å². The molecule has 0 bridgehead atoms. The Kier molecular flexibility index (Phi) is 4.94. The number of amides is 1. The molecule has 1 aliphatic rings. The smallest absolute Gasteiger partial charge is 0.236 e. The molecule has 17 heavy (non-hydrogen) atoms. The molecule has 3 N–H and O–H groups in total. The minimum absolute atomic E-state index is 0.201. The molecule has 0 aromatic rings. The van der Waals surface area contributed by atoms with Crippen LogP contribution in [-0.2, 0) is 14.6 Å². The quantitative estimate of drug-likeness (QED) is 0.733. The number of nitrogens with one attached hydrogen (secondary N) is 1. The van der Waals surface area contributed by atoms with Gasteiger partial charge in [-0.25, -0.2) is 8.42 Å². The molecule has 0 radical (unpaired) electrons. The number of carbonyl (C=O) groups excluding carboxylic acids is 1. The second-order valence-corrected chi connectivity index (χ2v) is 7.51. The van der Waals surface area contributed by atoms with E-state index < -0.39 is 21.1 Å². The summed E-state index contributed by atoms with van der Waals surface area (Å²) in [6.45, 7) is 4.19. The minimum Gasteiger partial charge on any atom is -0.353 e. The molecule has 0 aliphatic carbocycles. The van der Waals surface area contributed by atoms with Crippen molar-refractivity contribution in [2.75, 3.05) is 12.3 Å². The van der Waals surface area contributed by atoms with Crippen LogP contribution in [-0.4, -0.2) is 37.9 Å². The molecular weight excluding hydrogens is 240 g/mol. The molecule has 2 atom stereocenters. The Morgan fingerprint density at radius 3 is 2.59 bits per heavy atom. The minimum atomic E-state index is -2.99. The van der Waals surface area contributed by atoms with Gasteiger partial charge in [0, 0.05) is 6.54 Å². The van der Waals surface area contributed by atoms with Crippen molar-refractivity contribution in [3.05, 3.63) is 0 Å². The zero-order valence-electron chi connectivity index (χ0n) is 10.5. The van der Waals surface area contributed by atoms with Gasteiger partial charge in [-0.3, -0.25) is 4.79 Å². The summed E-state index contributed by atoms with van der Waals surface area (Å²) in [4.78, 5) is 11.6. The molecule has 0 spiro atoms. The molecule has 1 unspecified atom stereocenters. The Hall–Kier alpha value is -0.620. The number of hydrogen-bond acceptors (Lipinski definition) is 4. The average Bonchev–Trinajstić information content (AvgIpc) is 2.53. The van der Waals surface area contributed by atoms with Crippen LogP contribution in [0.2, 0.25) is 0 Å². The van der Waals surface area contributed by atoms with Crippen LogP contribution >= 0.6 is 0 Å². The Bertz CT molecular complexity index is 365. The van der Waals surface area contributed by atoms with Gasteiger partial charge in [0.05, 0.1) is 17.0 Å². The highest BCUT2D eigenvalue weighted by atomic mass is 32.2. The van der Waals surface area contributed by atoms with E-state index in [1.54, 1.807) is 0 Å². The summed E-state index contributed by atoms with van der Waals surface area (Å²) in [7, 11) is -2.99. The topological polar surface area (TPSA) is 89.3 Å². The maximum Gasteiger partial charge on any atom is 0.236 e. The van der Waals surface area contributed by atoms with Crippen LogP contribution in [0, 0.1) is 5.92 Å². The third kappa shape index (κ3) is 4.27. The van der Waals surface area contributed by atoms with E-state index >= 15 is 0 Å². The highest BCUT2D eigenvalue weighted by Gasteiger charge is 2.31. The maximum atomic E-state index is 11.6. The SMILES string of the molecule is CC(C)C[C@H](N)C(=O)NCC1CCCS1(=O)=O. The standard InChI is InChI=1S/C11H22N2O3S/c1-8(2)6-10(12)11(14)13-7-9-4-3-5-17(9,15)16/h8-10H,3-7,12H2,1-2H3,(H,13,14)/t9?,10-/m0/s1. The van der Waals surface area contributed by atoms with Crippen molar-refractivity contribution < 1.29 is 13.2 Å². The van der Waals surface area contributed by atoms with Gasteiger partial charge in [0.25, 0.3) is 0 Å². The van der Waals surface area contributed by atoms with Gasteiger partial charge in [-0.1, -0.05) is 13.8 Å². The zero-order valence-corrected chi connectivity index (χ0v) is 11.3. The fourth-order valence-corrected chi connectivity index (χ4v) is 3.81. The second-order valence-electron chi connectivity index (χ2n) is 5.11. The van der Waals surface area contributed by atoms with E-state index in [0.29, 0.717) is 25.2 Å². The van der Waals surface area contributed by atoms with Crippen LogP contribution in [0.25, 0.3) is 0 Å². The predicted octanol–water partition coefficient (Wildman–Crippen LogP) is 0.0532. The normalized spacial score (nSPS) is 24.8. The van der Waals surface area contributed by atoms with E-state index in [2.05, 4.69) is 5.32 Å². The average molecular weight is 262 g/mol. The molecule has 100 valence electrons. The molecular formula is C11H22N2O3S. The summed E-state index contributed by atoms with van der Waals surface area (Å²) in [5, 5.41) is 2.22. The lowest BCUT2D eigenvalue weighted by molar-refractivity contribution is -0.122. The molecule has 0 aromatic heterocycles. The van der Waals surface area contributed by atoms with Gasteiger partial charge in [0.1, 0.15) is 0 Å². The summed E-state index contributed by atoms with van der Waals surface area (Å²) in [5.74, 6) is 0.345. The van der Waals surface area contributed by atoms with Crippen molar-refractivity contribution in [1.29, 1.82) is 0 Å². The molecule has 0 aromatic carbocycles. The summed E-state index contributed by atoms with van der Waals surface area (Å²) in [6, 6.07) is -0.542. The third-order valence-electron chi connectivity index (χ3n) is 3.03. The predicted molar refractivity (Wildman–Crippen MR) is 67.2 cm³/mol. The van der Waals surface area contributed by atoms with Gasteiger partial charge in [0.2, 0.25) is 5.91 Å². The molecule has 5 nitrogen and oxygen atoms in total. The van der Waals surface area contributed by atoms with Crippen LogP contribution in [0.3, 0.4) is 0 Å². The molecule has 1 fully saturated rings. The Morgan fingerprint density at radius 2 is 2.12 bits per heavy atom. The van der Waals surface area contributed by atoms with Crippen LogP contribution in [0.15, 0.2) is 0 Å². The zero-order chi connectivity index (χ0) is 13.1. The maximum absolute atomic E-state index is 11.6. The first kappa shape index (κ1) is 14.4. The second kappa shape index (κ2) is 5.82. The van der Waals surface area contributed by atoms with Crippen molar-refractivity contribution in [1.82, 2.24) is 5.32 Å². The van der Waals surface area contributed by atoms with Gasteiger partial charge in [-0.15, -0.1) is 0 Å². The fourth-order valence-electron chi connectivity index (χ4n) is 2.05. The van der Waals surface area contributed by atoms with Crippen LogP contribution in [0.1, 0.15) is 33.1 Å². The van der Waals surface area contributed by atoms with Crippen LogP contribution in [0.4, 0.5) is 0 Å². The van der Waals surface area contributed by atoms with E-state index in [9.17, 15) is 13.2 Å². The summed E-state index contributed by atoms with van der Waals surface area (Å²) in [5.41, 5.74) is 5.71. The van der Waals surface area contributed by atoms with Gasteiger partial charge in [-0.2, -0.15) is 0 Å². The molecule has 1 aliphatic heterocycles. The van der Waals surface area contributed by atoms with E-state index in [1.165, 1.54) is 0 Å². The Balaban J connectivity index is 2.38. The van der Waals surface area contributed by atoms with Gasteiger partial charge < -0.3 is 11.1 Å². The van der Waals surface area contributed by atoms with E-state index in [1.807, 2.05) is 13.8 Å². The highest BCUT2D eigenvalue weighted by molar-refractivity contribution is 7.92. The molecule has 1 amide bonds. The number of sulfone groups is 1. The summed E-state index contributed by atoms with van der Waals surface area (Å²) < 4.78 is 23.1. The first-order chi connectivity index (χ1) is 7.83. The number of nitrogens with two attached hydrogens (primary N) is 1. The molecule has 1 saturated heterocycles. The Labute approximate surface area is 103 Å². The molecule has 0 saturated carbocycles. The van der Waals surface area contributed by atoms with Gasteiger partial charge in [0.15, 0.2) is 9.84 Å². The van der Waals surface area contributed by atoms with Gasteiger partial charge in [-0.05, 0) is 25.2 Å². The monoisotopic (exact) mass is 262 g/mol. The molecule has 1 rings (SSSR count). The lowest BCUT2D eigenvalue weighted by atomic mass is 10.0. The number of carbonyl (C=O) groups is 1. The number of hydrogen-bond donors (Lipinski definition) is 2. The van der Waals surface area contributed by atoms with E-state index in [-0.39, 0.29) is 18.2 Å². The van der Waals surface area contributed by atoms with Gasteiger partial charge >= 0.3 is 0 Å². The summed E-state index contributed by atoms with van der Waals surface area (Å²) in [6.07, 6.45) is 1.95. The first-order valence-electron chi connectivity index (χ1n) is 6.08. The summed E-state index contributed by atoms with van der Waals surface area (Å²) >= 11 is 0. The van der Waals surface area contributed by atoms with E-state index in [4.69, 9.17) is 5.73 Å². The van der Waals surface area contributed by atoms with Crippen molar-refractivity contribution in [2.24, 2.45) is 11.7 Å². The van der Waals surface area contributed by atoms with Crippen molar-refractivity contribution >= 4 is 15.7 Å². The number of rotatable bonds is 5. The first-order valence-corrected chi connectivity index (χ1v) is 7.79. The van der Waals surface area contributed by atoms with Crippen LogP contribution in [0.5, 0.6) is 0 Å². The third-order valence-corrected chi connectivity index (χ3v) is 5.30. The van der Waals surface area contributed by atoms with Crippen molar-refractivity contribution in [3.8, 4) is 0 Å². The van der Waals surface area contributed by atoms with E-state index in [0.717, 1.165) is 0 Å². The Morgan fingerprint density at radius 1 is 1.47 bits per heavy atom. The lowest BCUT2D eigenvalue weighted by Gasteiger charge is -2.16. The lowest BCUT2D eigenvalue weighted by Crippen LogP contribution is -2.44. The highest BCUT2D eigenvalue weighted by Crippen LogP contribution is 2.19. The fraction of sp³-hybridized carbons (Fsp3) is 0.909. The molecule has 6 heteroatoms. The van der Waals surface area contributed by atoms with Crippen LogP contribution < -0.4 is 11.1 Å². The molecule has 1 heterocycles. The largest absolute Gasteiger partial charge is 0.353 e.